The molecule has 0 aromatic carbocycles. The summed E-state index contributed by atoms with van der Waals surface area (Å²) < 4.78 is 4.53. The van der Waals surface area contributed by atoms with Crippen LogP contribution in [0.25, 0.3) is 0 Å². The van der Waals surface area contributed by atoms with Crippen molar-refractivity contribution in [2.24, 2.45) is 5.16 Å². The maximum Gasteiger partial charge on any atom is 0.230 e. The number of nitrogens with zero attached hydrogens (tertiary/aromatic N) is 1. The van der Waals surface area contributed by atoms with E-state index < -0.39 is 0 Å². The Balaban J connectivity index is 4.40. The summed E-state index contributed by atoms with van der Waals surface area (Å²) in [5.74, 6) is 0.108. The molecule has 0 aromatic heterocycles. The zero-order valence-electron chi connectivity index (χ0n) is 9.00. The van der Waals surface area contributed by atoms with Gasteiger partial charge in [-0.25, -0.2) is 0 Å². The van der Waals surface area contributed by atoms with E-state index in [-0.39, 0.29) is 17.4 Å². The van der Waals surface area contributed by atoms with Crippen LogP contribution in [0, 0.1) is 0 Å². The van der Waals surface area contributed by atoms with Crippen LogP contribution in [0.15, 0.2) is 5.16 Å². The van der Waals surface area contributed by atoms with Gasteiger partial charge in [0.15, 0.2) is 5.78 Å². The number of ketones is 1. The topological polar surface area (TPSA) is 50.7 Å². The average molecular weight is 312 g/mol. The van der Waals surface area contributed by atoms with Gasteiger partial charge < -0.3 is 3.17 Å². The lowest BCUT2D eigenvalue weighted by atomic mass is 10.0. The van der Waals surface area contributed by atoms with Gasteiger partial charge in [0.2, 0.25) is 23.0 Å². The molecule has 0 aliphatic carbocycles. The maximum atomic E-state index is 11.5. The zero-order chi connectivity index (χ0) is 11.2. The quantitative estimate of drug-likeness (QED) is 0.480. The summed E-state index contributed by atoms with van der Waals surface area (Å²) in [4.78, 5) is 11.5. The zero-order valence-corrected chi connectivity index (χ0v) is 11.2. The number of nitrogens with one attached hydrogen (secondary N) is 1. The van der Waals surface area contributed by atoms with E-state index in [1.54, 1.807) is 23.0 Å². The van der Waals surface area contributed by atoms with E-state index >= 15 is 0 Å². The number of oxime groups is 1. The first-order chi connectivity index (χ1) is 6.40. The van der Waals surface area contributed by atoms with Gasteiger partial charge in [0.25, 0.3) is 0 Å². The van der Waals surface area contributed by atoms with Crippen LogP contribution in [0.5, 0.6) is 0 Å². The largest absolute Gasteiger partial charge is 0.327 e. The molecule has 0 spiro atoms. The van der Waals surface area contributed by atoms with Crippen LogP contribution in [-0.4, -0.2) is 23.6 Å². The molecule has 0 saturated heterocycles. The van der Waals surface area contributed by atoms with Gasteiger partial charge in [-0.3, -0.25) is 10.1 Å². The number of carbonyl (C=O) groups excluding carboxylic acids is 1. The third kappa shape index (κ3) is 6.31. The number of hydrogen-bond acceptors (Lipinski definition) is 4. The summed E-state index contributed by atoms with van der Waals surface area (Å²) in [5, 5.41) is 6.76. The van der Waals surface area contributed by atoms with E-state index in [0.717, 1.165) is 0 Å². The molecule has 82 valence electrons. The number of halogens is 1. The molecule has 1 unspecified atom stereocenters. The van der Waals surface area contributed by atoms with Gasteiger partial charge in [-0.05, 0) is 20.8 Å². The fourth-order valence-electron chi connectivity index (χ4n) is 0.971. The van der Waals surface area contributed by atoms with Gasteiger partial charge in [-0.2, -0.15) is 0 Å². The third-order valence-electron chi connectivity index (χ3n) is 1.53. The van der Waals surface area contributed by atoms with Crippen molar-refractivity contribution < 1.29 is 7.96 Å². The molecule has 0 bridgehead atoms. The van der Waals surface area contributed by atoms with Crippen LogP contribution in [0.3, 0.4) is 0 Å². The van der Waals surface area contributed by atoms with E-state index in [1.807, 2.05) is 27.7 Å². The number of hydrogen-bond donors (Lipinski definition) is 1. The molecule has 5 heteroatoms. The smallest absolute Gasteiger partial charge is 0.230 e. The highest BCUT2D eigenvalue weighted by Gasteiger charge is 2.20. The minimum Gasteiger partial charge on any atom is -0.327 e. The van der Waals surface area contributed by atoms with E-state index in [4.69, 9.17) is 0 Å². The van der Waals surface area contributed by atoms with Crippen LogP contribution >= 0.6 is 23.0 Å². The monoisotopic (exact) mass is 312 g/mol. The van der Waals surface area contributed by atoms with Crippen molar-refractivity contribution in [2.75, 3.05) is 0 Å². The molecule has 1 N–H and O–H groups in total. The van der Waals surface area contributed by atoms with Gasteiger partial charge >= 0.3 is 0 Å². The second-order valence-electron chi connectivity index (χ2n) is 4.02. The lowest BCUT2D eigenvalue weighted by Gasteiger charge is -2.24. The molecular weight excluding hydrogens is 295 g/mol. The van der Waals surface area contributed by atoms with Crippen molar-refractivity contribution in [2.45, 2.75) is 45.7 Å². The van der Waals surface area contributed by atoms with E-state index in [0.29, 0.717) is 6.42 Å². The third-order valence-corrected chi connectivity index (χ3v) is 1.76. The van der Waals surface area contributed by atoms with Crippen molar-refractivity contribution in [3.63, 3.8) is 0 Å². The van der Waals surface area contributed by atoms with Crippen molar-refractivity contribution in [3.05, 3.63) is 0 Å². The van der Waals surface area contributed by atoms with E-state index in [1.165, 1.54) is 6.21 Å². The van der Waals surface area contributed by atoms with Crippen molar-refractivity contribution in [1.82, 2.24) is 5.32 Å². The van der Waals surface area contributed by atoms with Crippen LogP contribution in [0.4, 0.5) is 0 Å². The summed E-state index contributed by atoms with van der Waals surface area (Å²) in [7, 11) is 0. The van der Waals surface area contributed by atoms with E-state index in [9.17, 15) is 4.79 Å². The normalized spacial score (nSPS) is 14.4. The summed E-state index contributed by atoms with van der Waals surface area (Å²) in [5.41, 5.74) is -0.118. The standard InChI is InChI=1S/C9H17IN2O2/c1-5-8(13)7(6-11-14-10)12-9(2,3)4/h6-7,12H,5H2,1-4H3. The Bertz CT molecular complexity index is 211. The molecule has 0 radical (unpaired) electrons. The lowest BCUT2D eigenvalue weighted by Crippen LogP contribution is -2.48. The second kappa shape index (κ2) is 6.34. The molecule has 0 aromatic rings. The van der Waals surface area contributed by atoms with Gasteiger partial charge in [0.1, 0.15) is 6.04 Å². The molecular formula is C9H17IN2O2. The first-order valence-corrected chi connectivity index (χ1v) is 5.40. The molecule has 1 atom stereocenters. The lowest BCUT2D eigenvalue weighted by molar-refractivity contribution is -0.119. The SMILES string of the molecule is CCC(=O)C(C=NOI)NC(C)(C)C. The van der Waals surface area contributed by atoms with Crippen molar-refractivity contribution in [3.8, 4) is 0 Å². The predicted octanol–water partition coefficient (Wildman–Crippen LogP) is 2.07. The molecule has 0 fully saturated rings. The fourth-order valence-corrected chi connectivity index (χ4v) is 1.10. The van der Waals surface area contributed by atoms with Crippen LogP contribution < -0.4 is 5.32 Å². The predicted molar refractivity (Wildman–Crippen MR) is 65.6 cm³/mol. The molecule has 4 nitrogen and oxygen atoms in total. The minimum absolute atomic E-state index is 0.108. The van der Waals surface area contributed by atoms with Gasteiger partial charge in [-0.15, -0.1) is 0 Å². The highest BCUT2D eigenvalue weighted by molar-refractivity contribution is 14.1. The summed E-state index contributed by atoms with van der Waals surface area (Å²) >= 11 is 1.66. The molecule has 0 aliphatic heterocycles. The Morgan fingerprint density at radius 1 is 1.64 bits per heavy atom. The average Bonchev–Trinajstić information content (AvgIpc) is 2.09. The molecule has 14 heavy (non-hydrogen) atoms. The Hall–Kier alpha value is -0.170. The first kappa shape index (κ1) is 13.8. The molecule has 0 rings (SSSR count). The summed E-state index contributed by atoms with van der Waals surface area (Å²) in [6.45, 7) is 7.84. The highest BCUT2D eigenvalue weighted by Crippen LogP contribution is 2.02. The Morgan fingerprint density at radius 2 is 2.21 bits per heavy atom. The van der Waals surface area contributed by atoms with Gasteiger partial charge in [0, 0.05) is 12.0 Å². The molecule has 0 saturated carbocycles. The summed E-state index contributed by atoms with van der Waals surface area (Å²) in [6.07, 6.45) is 1.98. The number of Topliss-reactive ketones (excluding diaryl/α,β-unsaturated/α-hetero) is 1. The first-order valence-electron chi connectivity index (χ1n) is 4.52. The second-order valence-corrected chi connectivity index (χ2v) is 4.41. The van der Waals surface area contributed by atoms with Crippen LogP contribution in [0.1, 0.15) is 34.1 Å². The molecule has 0 amide bonds. The maximum absolute atomic E-state index is 11.5. The Morgan fingerprint density at radius 3 is 2.57 bits per heavy atom. The molecule has 0 heterocycles. The van der Waals surface area contributed by atoms with Crippen molar-refractivity contribution >= 4 is 35.0 Å². The Kier molecular flexibility index (Phi) is 6.26. The minimum atomic E-state index is -0.366. The van der Waals surface area contributed by atoms with Gasteiger partial charge in [0.05, 0.1) is 6.21 Å². The fraction of sp³-hybridized carbons (Fsp3) is 0.778. The van der Waals surface area contributed by atoms with Crippen LogP contribution in [-0.2, 0) is 7.96 Å². The summed E-state index contributed by atoms with van der Waals surface area (Å²) in [6, 6.07) is -0.366. The molecule has 0 aliphatic rings. The van der Waals surface area contributed by atoms with Crippen LogP contribution in [0.2, 0.25) is 0 Å². The van der Waals surface area contributed by atoms with Crippen molar-refractivity contribution in [1.29, 1.82) is 0 Å². The number of carbonyl (C=O) groups is 1. The van der Waals surface area contributed by atoms with Gasteiger partial charge in [-0.1, -0.05) is 12.1 Å². The number of rotatable bonds is 5. The Labute approximate surface area is 99.1 Å². The van der Waals surface area contributed by atoms with E-state index in [2.05, 4.69) is 13.6 Å². The highest BCUT2D eigenvalue weighted by atomic mass is 127.